The van der Waals surface area contributed by atoms with Gasteiger partial charge in [0.2, 0.25) is 0 Å². The summed E-state index contributed by atoms with van der Waals surface area (Å²) >= 11 is 0. The molecule has 0 spiro atoms. The van der Waals surface area contributed by atoms with Crippen molar-refractivity contribution in [3.05, 3.63) is 0 Å². The van der Waals surface area contributed by atoms with Crippen LogP contribution in [0.3, 0.4) is 0 Å². The van der Waals surface area contributed by atoms with Gasteiger partial charge in [-0.05, 0) is 6.42 Å². The van der Waals surface area contributed by atoms with E-state index < -0.39 is 12.1 Å². The lowest BCUT2D eigenvalue weighted by atomic mass is 10.1. The number of rotatable bonds is 5. The Bertz CT molecular complexity index is 359. The number of hydrogen-bond donors (Lipinski definition) is 3. The number of esters is 1. The van der Waals surface area contributed by atoms with Crippen molar-refractivity contribution in [3.63, 3.8) is 0 Å². The number of nitrogens with one attached hydrogen (secondary N) is 1. The largest absolute Gasteiger partial charge is 0.479 e. The topological polar surface area (TPSA) is 116 Å². The zero-order valence-corrected chi connectivity index (χ0v) is 10.7. The summed E-state index contributed by atoms with van der Waals surface area (Å²) in [5.41, 5.74) is 0. The van der Waals surface area contributed by atoms with E-state index in [1.54, 1.807) is 0 Å². The number of carbonyl (C=O) groups is 3. The molecular formula is C11H18N2O6. The van der Waals surface area contributed by atoms with Gasteiger partial charge in [0.25, 0.3) is 0 Å². The monoisotopic (exact) mass is 274 g/mol. The minimum absolute atomic E-state index is 0.0602. The van der Waals surface area contributed by atoms with Gasteiger partial charge in [-0.2, -0.15) is 0 Å². The summed E-state index contributed by atoms with van der Waals surface area (Å²) < 4.78 is 4.61. The van der Waals surface area contributed by atoms with Gasteiger partial charge in [0.05, 0.1) is 13.0 Å². The van der Waals surface area contributed by atoms with Crippen molar-refractivity contribution < 1.29 is 29.3 Å². The molecule has 19 heavy (non-hydrogen) atoms. The summed E-state index contributed by atoms with van der Waals surface area (Å²) in [6, 6.07) is -0.371. The number of aliphatic hydroxyl groups is 1. The van der Waals surface area contributed by atoms with Crippen LogP contribution in [0.25, 0.3) is 0 Å². The van der Waals surface area contributed by atoms with Crippen molar-refractivity contribution in [1.29, 1.82) is 0 Å². The van der Waals surface area contributed by atoms with Gasteiger partial charge >= 0.3 is 18.0 Å². The Balaban J connectivity index is 2.28. The fourth-order valence-electron chi connectivity index (χ4n) is 1.85. The highest BCUT2D eigenvalue weighted by molar-refractivity contribution is 5.78. The van der Waals surface area contributed by atoms with Crippen LogP contribution in [0, 0.1) is 5.92 Å². The fourth-order valence-corrected chi connectivity index (χ4v) is 1.85. The highest BCUT2D eigenvalue weighted by atomic mass is 16.5. The second-order valence-electron chi connectivity index (χ2n) is 4.33. The molecule has 1 heterocycles. The standard InChI is InChI=1S/C11H18N2O6/c1-19-10(17)7-3-5-13(6-7)11(18)12-4-2-8(14)9(15)16/h7-8,14H,2-6H2,1H3,(H,12,18)(H,15,16)/t7?,8-/m0/s1. The zero-order chi connectivity index (χ0) is 14.4. The van der Waals surface area contributed by atoms with E-state index in [0.717, 1.165) is 0 Å². The normalized spacial score (nSPS) is 19.9. The molecule has 1 aliphatic heterocycles. The Labute approximate surface area is 110 Å². The lowest BCUT2D eigenvalue weighted by Crippen LogP contribution is -2.40. The highest BCUT2D eigenvalue weighted by Crippen LogP contribution is 2.17. The third kappa shape index (κ3) is 4.40. The molecule has 0 radical (unpaired) electrons. The van der Waals surface area contributed by atoms with Crippen LogP contribution in [-0.4, -0.2) is 65.9 Å². The lowest BCUT2D eigenvalue weighted by Gasteiger charge is -2.17. The molecule has 0 aliphatic carbocycles. The Morgan fingerprint density at radius 2 is 2.16 bits per heavy atom. The highest BCUT2D eigenvalue weighted by Gasteiger charge is 2.31. The maximum absolute atomic E-state index is 11.7. The van der Waals surface area contributed by atoms with Crippen molar-refractivity contribution in [3.8, 4) is 0 Å². The first-order valence-electron chi connectivity index (χ1n) is 5.97. The zero-order valence-electron chi connectivity index (χ0n) is 10.7. The number of hydrogen-bond acceptors (Lipinski definition) is 5. The van der Waals surface area contributed by atoms with E-state index in [4.69, 9.17) is 10.2 Å². The van der Waals surface area contributed by atoms with E-state index in [2.05, 4.69) is 10.1 Å². The smallest absolute Gasteiger partial charge is 0.332 e. The maximum Gasteiger partial charge on any atom is 0.332 e. The van der Waals surface area contributed by atoms with Gasteiger partial charge in [0.1, 0.15) is 0 Å². The number of urea groups is 1. The van der Waals surface area contributed by atoms with Gasteiger partial charge in [0, 0.05) is 26.1 Å². The molecule has 2 atom stereocenters. The summed E-state index contributed by atoms with van der Waals surface area (Å²) in [4.78, 5) is 34.8. The number of nitrogens with zero attached hydrogens (tertiary/aromatic N) is 1. The van der Waals surface area contributed by atoms with Gasteiger partial charge in [-0.1, -0.05) is 0 Å². The summed E-state index contributed by atoms with van der Waals surface area (Å²) in [6.07, 6.45) is -0.991. The van der Waals surface area contributed by atoms with Crippen LogP contribution in [0.2, 0.25) is 0 Å². The van der Waals surface area contributed by atoms with Crippen LogP contribution in [0.4, 0.5) is 4.79 Å². The number of methoxy groups -OCH3 is 1. The van der Waals surface area contributed by atoms with Crippen molar-refractivity contribution in [2.45, 2.75) is 18.9 Å². The first kappa shape index (κ1) is 15.2. The lowest BCUT2D eigenvalue weighted by molar-refractivity contribution is -0.147. The van der Waals surface area contributed by atoms with Gasteiger partial charge in [-0.15, -0.1) is 0 Å². The van der Waals surface area contributed by atoms with Crippen LogP contribution in [0.15, 0.2) is 0 Å². The molecule has 8 nitrogen and oxygen atoms in total. The van der Waals surface area contributed by atoms with Crippen LogP contribution in [0.1, 0.15) is 12.8 Å². The number of carbonyl (C=O) groups excluding carboxylic acids is 2. The molecule has 1 unspecified atom stereocenters. The number of carboxylic acids is 1. The Morgan fingerprint density at radius 1 is 1.47 bits per heavy atom. The predicted octanol–water partition coefficient (Wildman–Crippen LogP) is -0.973. The molecule has 0 saturated carbocycles. The molecule has 1 aliphatic rings. The summed E-state index contributed by atoms with van der Waals surface area (Å²) in [5, 5.41) is 20.0. The van der Waals surface area contributed by atoms with Crippen LogP contribution >= 0.6 is 0 Å². The van der Waals surface area contributed by atoms with Crippen molar-refractivity contribution in [1.82, 2.24) is 10.2 Å². The number of ether oxygens (including phenoxy) is 1. The number of aliphatic hydroxyl groups excluding tert-OH is 1. The summed E-state index contributed by atoms with van der Waals surface area (Å²) in [7, 11) is 1.30. The molecule has 1 fully saturated rings. The van der Waals surface area contributed by atoms with E-state index in [9.17, 15) is 14.4 Å². The number of likely N-dealkylation sites (tertiary alicyclic amines) is 1. The van der Waals surface area contributed by atoms with Gasteiger partial charge in [-0.3, -0.25) is 4.79 Å². The average molecular weight is 274 g/mol. The van der Waals surface area contributed by atoms with Crippen LogP contribution in [-0.2, 0) is 14.3 Å². The maximum atomic E-state index is 11.7. The molecule has 0 bridgehead atoms. The molecule has 2 amide bonds. The number of aliphatic carboxylic acids is 1. The second-order valence-corrected chi connectivity index (χ2v) is 4.33. The molecule has 3 N–H and O–H groups in total. The molecule has 1 rings (SSSR count). The molecule has 8 heteroatoms. The van der Waals surface area contributed by atoms with E-state index >= 15 is 0 Å². The minimum Gasteiger partial charge on any atom is -0.479 e. The molecule has 1 saturated heterocycles. The number of amides is 2. The average Bonchev–Trinajstić information content (AvgIpc) is 2.86. The van der Waals surface area contributed by atoms with Gasteiger partial charge in [0.15, 0.2) is 6.10 Å². The van der Waals surface area contributed by atoms with E-state index in [1.165, 1.54) is 12.0 Å². The van der Waals surface area contributed by atoms with E-state index in [-0.39, 0.29) is 30.9 Å². The molecule has 0 aromatic heterocycles. The fraction of sp³-hybridized carbons (Fsp3) is 0.727. The predicted molar refractivity (Wildman–Crippen MR) is 63.4 cm³/mol. The third-order valence-corrected chi connectivity index (χ3v) is 2.99. The van der Waals surface area contributed by atoms with Crippen LogP contribution in [0.5, 0.6) is 0 Å². The van der Waals surface area contributed by atoms with E-state index in [0.29, 0.717) is 19.5 Å². The molecule has 0 aromatic carbocycles. The quantitative estimate of drug-likeness (QED) is 0.555. The summed E-state index contributed by atoms with van der Waals surface area (Å²) in [5.74, 6) is -1.96. The number of carboxylic acid groups (broad SMARTS) is 1. The Kier molecular flexibility index (Phi) is 5.56. The minimum atomic E-state index is -1.48. The summed E-state index contributed by atoms with van der Waals surface area (Å²) in [6.45, 7) is 0.804. The molecular weight excluding hydrogens is 256 g/mol. The Hall–Kier alpha value is -1.83. The van der Waals surface area contributed by atoms with E-state index in [1.807, 2.05) is 0 Å². The molecule has 0 aromatic rings. The first-order chi connectivity index (χ1) is 8.95. The third-order valence-electron chi connectivity index (χ3n) is 2.99. The second kappa shape index (κ2) is 6.93. The van der Waals surface area contributed by atoms with Gasteiger partial charge < -0.3 is 25.2 Å². The van der Waals surface area contributed by atoms with Gasteiger partial charge in [-0.25, -0.2) is 9.59 Å². The van der Waals surface area contributed by atoms with Crippen molar-refractivity contribution >= 4 is 18.0 Å². The molecule has 108 valence electrons. The van der Waals surface area contributed by atoms with Crippen molar-refractivity contribution in [2.75, 3.05) is 26.7 Å². The van der Waals surface area contributed by atoms with Crippen LogP contribution < -0.4 is 5.32 Å². The Morgan fingerprint density at radius 3 is 2.74 bits per heavy atom. The SMILES string of the molecule is COC(=O)C1CCN(C(=O)NCC[C@H](O)C(=O)O)C1. The first-order valence-corrected chi connectivity index (χ1v) is 5.97. The van der Waals surface area contributed by atoms with Crippen molar-refractivity contribution in [2.24, 2.45) is 5.92 Å².